The van der Waals surface area contributed by atoms with Crippen LogP contribution in [0.4, 0.5) is 14.6 Å². The summed E-state index contributed by atoms with van der Waals surface area (Å²) in [4.78, 5) is 28.6. The van der Waals surface area contributed by atoms with Gasteiger partial charge in [0.2, 0.25) is 0 Å². The Morgan fingerprint density at radius 3 is 2.56 bits per heavy atom. The standard InChI is InChI=1S/C17H18ClF2N3O2/c1-9-11(6-5-10-3-4-10)16(25)23(15(9)24)22-13-8-7-12(14(18)21-13)17(2,19)20/h7-8,10H,3-6H2,1-2H3,(H,21,22). The second-order valence-electron chi connectivity index (χ2n) is 6.57. The molecule has 1 aromatic heterocycles. The fourth-order valence-corrected chi connectivity index (χ4v) is 3.09. The first-order valence-electron chi connectivity index (χ1n) is 8.08. The van der Waals surface area contributed by atoms with Gasteiger partial charge in [-0.3, -0.25) is 15.0 Å². The molecule has 3 rings (SSSR count). The molecule has 0 bridgehead atoms. The van der Waals surface area contributed by atoms with Crippen molar-refractivity contribution in [2.24, 2.45) is 5.92 Å². The summed E-state index contributed by atoms with van der Waals surface area (Å²) in [6.45, 7) is 2.33. The smallest absolute Gasteiger partial charge is 0.271 e. The largest absolute Gasteiger partial charge is 0.276 e. The van der Waals surface area contributed by atoms with E-state index >= 15 is 0 Å². The van der Waals surface area contributed by atoms with Crippen molar-refractivity contribution in [3.63, 3.8) is 0 Å². The Hall–Kier alpha value is -2.02. The first-order valence-corrected chi connectivity index (χ1v) is 8.46. The van der Waals surface area contributed by atoms with E-state index in [1.807, 2.05) is 0 Å². The van der Waals surface area contributed by atoms with E-state index in [4.69, 9.17) is 11.6 Å². The van der Waals surface area contributed by atoms with Crippen molar-refractivity contribution in [3.05, 3.63) is 34.0 Å². The highest BCUT2D eigenvalue weighted by Crippen LogP contribution is 2.37. The quantitative estimate of drug-likeness (QED) is 0.607. The predicted molar refractivity (Wildman–Crippen MR) is 88.9 cm³/mol. The van der Waals surface area contributed by atoms with Crippen molar-refractivity contribution in [2.75, 3.05) is 5.43 Å². The van der Waals surface area contributed by atoms with Crippen LogP contribution in [0.1, 0.15) is 45.1 Å². The minimum absolute atomic E-state index is 0.0518. The topological polar surface area (TPSA) is 62.3 Å². The molecule has 0 saturated heterocycles. The molecule has 8 heteroatoms. The van der Waals surface area contributed by atoms with Gasteiger partial charge in [-0.15, -0.1) is 0 Å². The minimum Gasteiger partial charge on any atom is -0.271 e. The zero-order chi connectivity index (χ0) is 18.4. The number of hydrogen-bond acceptors (Lipinski definition) is 4. The Balaban J connectivity index is 1.74. The van der Waals surface area contributed by atoms with Gasteiger partial charge in [-0.25, -0.2) is 13.8 Å². The highest BCUT2D eigenvalue weighted by Gasteiger charge is 2.37. The van der Waals surface area contributed by atoms with E-state index in [0.29, 0.717) is 23.5 Å². The Morgan fingerprint density at radius 1 is 1.32 bits per heavy atom. The maximum absolute atomic E-state index is 13.4. The monoisotopic (exact) mass is 369 g/mol. The number of nitrogens with one attached hydrogen (secondary N) is 1. The summed E-state index contributed by atoms with van der Waals surface area (Å²) in [7, 11) is 0. The number of pyridine rings is 1. The maximum Gasteiger partial charge on any atom is 0.276 e. The third-order valence-corrected chi connectivity index (χ3v) is 4.77. The van der Waals surface area contributed by atoms with Gasteiger partial charge in [0.05, 0.1) is 5.56 Å². The number of nitrogens with zero attached hydrogens (tertiary/aromatic N) is 2. The fourth-order valence-electron chi connectivity index (χ4n) is 2.77. The van der Waals surface area contributed by atoms with E-state index in [-0.39, 0.29) is 11.0 Å². The number of anilines is 1. The van der Waals surface area contributed by atoms with E-state index in [1.165, 1.54) is 18.9 Å². The zero-order valence-corrected chi connectivity index (χ0v) is 14.7. The molecule has 25 heavy (non-hydrogen) atoms. The van der Waals surface area contributed by atoms with Crippen LogP contribution in [-0.4, -0.2) is 21.8 Å². The number of rotatable bonds is 6. The summed E-state index contributed by atoms with van der Waals surface area (Å²) in [6.07, 6.45) is 3.80. The maximum atomic E-state index is 13.4. The molecule has 0 aromatic carbocycles. The van der Waals surface area contributed by atoms with Crippen LogP contribution >= 0.6 is 11.6 Å². The van der Waals surface area contributed by atoms with Crippen LogP contribution in [0.5, 0.6) is 0 Å². The van der Waals surface area contributed by atoms with E-state index in [0.717, 1.165) is 24.4 Å². The number of imide groups is 1. The van der Waals surface area contributed by atoms with Crippen molar-refractivity contribution in [1.82, 2.24) is 9.99 Å². The Labute approximate surface area is 149 Å². The molecule has 1 fully saturated rings. The van der Waals surface area contributed by atoms with Crippen LogP contribution in [0.3, 0.4) is 0 Å². The van der Waals surface area contributed by atoms with E-state index < -0.39 is 23.3 Å². The van der Waals surface area contributed by atoms with E-state index in [2.05, 4.69) is 10.4 Å². The molecule has 5 nitrogen and oxygen atoms in total. The summed E-state index contributed by atoms with van der Waals surface area (Å²) in [6, 6.07) is 2.38. The molecule has 0 radical (unpaired) electrons. The van der Waals surface area contributed by atoms with Crippen LogP contribution in [0.2, 0.25) is 5.15 Å². The van der Waals surface area contributed by atoms with Gasteiger partial charge in [0, 0.05) is 18.1 Å². The molecule has 1 aliphatic carbocycles. The molecular weight excluding hydrogens is 352 g/mol. The average molecular weight is 370 g/mol. The highest BCUT2D eigenvalue weighted by atomic mass is 35.5. The molecule has 1 N–H and O–H groups in total. The molecule has 1 aliphatic heterocycles. The van der Waals surface area contributed by atoms with Crippen molar-refractivity contribution < 1.29 is 18.4 Å². The summed E-state index contributed by atoms with van der Waals surface area (Å²) >= 11 is 5.79. The lowest BCUT2D eigenvalue weighted by atomic mass is 10.0. The average Bonchev–Trinajstić information content (AvgIpc) is 3.31. The summed E-state index contributed by atoms with van der Waals surface area (Å²) in [5.74, 6) is -3.31. The molecule has 0 atom stereocenters. The van der Waals surface area contributed by atoms with Gasteiger partial charge in [0.15, 0.2) is 0 Å². The highest BCUT2D eigenvalue weighted by molar-refractivity contribution is 6.30. The number of carbonyl (C=O) groups excluding carboxylic acids is 2. The van der Waals surface area contributed by atoms with Gasteiger partial charge in [-0.1, -0.05) is 24.4 Å². The predicted octanol–water partition coefficient (Wildman–Crippen LogP) is 4.05. The Bertz CT molecular complexity index is 770. The van der Waals surface area contributed by atoms with Gasteiger partial charge >= 0.3 is 0 Å². The van der Waals surface area contributed by atoms with Crippen LogP contribution in [0.25, 0.3) is 0 Å². The number of hydrazine groups is 1. The van der Waals surface area contributed by atoms with Gasteiger partial charge in [-0.05, 0) is 37.8 Å². The van der Waals surface area contributed by atoms with Crippen molar-refractivity contribution in [3.8, 4) is 0 Å². The first-order chi connectivity index (χ1) is 11.7. The van der Waals surface area contributed by atoms with E-state index in [1.54, 1.807) is 6.92 Å². The lowest BCUT2D eigenvalue weighted by Crippen LogP contribution is -2.37. The third kappa shape index (κ3) is 3.66. The molecule has 2 heterocycles. The summed E-state index contributed by atoms with van der Waals surface area (Å²) in [5.41, 5.74) is 3.05. The van der Waals surface area contributed by atoms with Crippen LogP contribution < -0.4 is 5.43 Å². The van der Waals surface area contributed by atoms with Gasteiger partial charge < -0.3 is 0 Å². The van der Waals surface area contributed by atoms with E-state index in [9.17, 15) is 18.4 Å². The van der Waals surface area contributed by atoms with Crippen LogP contribution in [-0.2, 0) is 15.5 Å². The van der Waals surface area contributed by atoms with Crippen molar-refractivity contribution >= 4 is 29.2 Å². The molecule has 2 aliphatic rings. The van der Waals surface area contributed by atoms with Gasteiger partial charge in [0.1, 0.15) is 11.0 Å². The number of amides is 2. The molecule has 0 unspecified atom stereocenters. The van der Waals surface area contributed by atoms with Crippen molar-refractivity contribution in [1.29, 1.82) is 0 Å². The molecule has 1 aromatic rings. The summed E-state index contributed by atoms with van der Waals surface area (Å²) in [5, 5.41) is 0.482. The normalized spacial score (nSPS) is 18.4. The second kappa shape index (κ2) is 6.37. The second-order valence-corrected chi connectivity index (χ2v) is 6.92. The van der Waals surface area contributed by atoms with Crippen LogP contribution in [0.15, 0.2) is 23.3 Å². The minimum atomic E-state index is -3.13. The molecule has 2 amide bonds. The Morgan fingerprint density at radius 2 is 2.00 bits per heavy atom. The molecular formula is C17H18ClF2N3O2. The molecule has 1 saturated carbocycles. The van der Waals surface area contributed by atoms with Gasteiger partial charge in [-0.2, -0.15) is 5.01 Å². The zero-order valence-electron chi connectivity index (χ0n) is 13.9. The third-order valence-electron chi connectivity index (χ3n) is 4.49. The number of alkyl halides is 2. The number of hydrogen-bond donors (Lipinski definition) is 1. The summed E-state index contributed by atoms with van der Waals surface area (Å²) < 4.78 is 26.7. The SMILES string of the molecule is CC1=C(CCC2CC2)C(=O)N(Nc2ccc(C(C)(F)F)c(Cl)n2)C1=O. The number of carbonyl (C=O) groups is 2. The molecule has 134 valence electrons. The number of aromatic nitrogens is 1. The number of halogens is 3. The van der Waals surface area contributed by atoms with Crippen molar-refractivity contribution in [2.45, 2.75) is 45.5 Å². The fraction of sp³-hybridized carbons (Fsp3) is 0.471. The molecule has 0 spiro atoms. The first kappa shape index (κ1) is 17.8. The lowest BCUT2D eigenvalue weighted by Gasteiger charge is -2.18. The van der Waals surface area contributed by atoms with Gasteiger partial charge in [0.25, 0.3) is 17.7 Å². The lowest BCUT2D eigenvalue weighted by molar-refractivity contribution is -0.136. The van der Waals surface area contributed by atoms with Crippen LogP contribution in [0, 0.1) is 5.92 Å². The Kier molecular flexibility index (Phi) is 4.53.